The maximum Gasteiger partial charge on any atom is 0.416 e. The van der Waals surface area contributed by atoms with Crippen molar-refractivity contribution < 1.29 is 18.3 Å². The summed E-state index contributed by atoms with van der Waals surface area (Å²) in [6, 6.07) is 13.4. The maximum atomic E-state index is 12.7. The standard InChI is InChI=1S/C19H22F3NO/c1-13-10-16(19(20,21)22)8-9-17(13)14(2)12-23-18(24)11-15-6-4-3-5-7-15/h3-10,14,18,23-24H,11-12H2,1-2H3/t14-,18+/m1/s1. The molecule has 2 aromatic rings. The van der Waals surface area contributed by atoms with Crippen LogP contribution in [0.5, 0.6) is 0 Å². The fourth-order valence-electron chi connectivity index (χ4n) is 2.74. The zero-order valence-corrected chi connectivity index (χ0v) is 13.8. The van der Waals surface area contributed by atoms with Crippen molar-refractivity contribution in [3.05, 3.63) is 70.8 Å². The van der Waals surface area contributed by atoms with Crippen LogP contribution in [0, 0.1) is 6.92 Å². The number of halogens is 3. The van der Waals surface area contributed by atoms with Gasteiger partial charge >= 0.3 is 6.18 Å². The van der Waals surface area contributed by atoms with Crippen LogP contribution in [0.1, 0.15) is 35.1 Å². The number of aryl methyl sites for hydroxylation is 1. The lowest BCUT2D eigenvalue weighted by molar-refractivity contribution is -0.137. The second kappa shape index (κ2) is 7.81. The van der Waals surface area contributed by atoms with Gasteiger partial charge in [-0.25, -0.2) is 0 Å². The summed E-state index contributed by atoms with van der Waals surface area (Å²) < 4.78 is 38.1. The topological polar surface area (TPSA) is 32.3 Å². The SMILES string of the molecule is Cc1cc(C(F)(F)F)ccc1[C@H](C)CN[C@@H](O)Cc1ccccc1. The first kappa shape index (κ1) is 18.5. The van der Waals surface area contributed by atoms with Gasteiger partial charge in [-0.2, -0.15) is 13.2 Å². The van der Waals surface area contributed by atoms with Gasteiger partial charge in [-0.3, -0.25) is 5.32 Å². The van der Waals surface area contributed by atoms with Gasteiger partial charge in [0, 0.05) is 13.0 Å². The number of alkyl halides is 3. The molecule has 2 N–H and O–H groups in total. The summed E-state index contributed by atoms with van der Waals surface area (Å²) in [6.45, 7) is 4.10. The highest BCUT2D eigenvalue weighted by Gasteiger charge is 2.30. The van der Waals surface area contributed by atoms with Crippen LogP contribution in [0.2, 0.25) is 0 Å². The van der Waals surface area contributed by atoms with E-state index in [1.807, 2.05) is 37.3 Å². The van der Waals surface area contributed by atoms with Gasteiger partial charge in [0.15, 0.2) is 0 Å². The zero-order valence-electron chi connectivity index (χ0n) is 13.8. The summed E-state index contributed by atoms with van der Waals surface area (Å²) in [4.78, 5) is 0. The molecule has 0 fully saturated rings. The summed E-state index contributed by atoms with van der Waals surface area (Å²) in [5.41, 5.74) is 1.85. The Morgan fingerprint density at radius 3 is 2.33 bits per heavy atom. The lowest BCUT2D eigenvalue weighted by Gasteiger charge is -2.20. The molecule has 2 rings (SSSR count). The first-order chi connectivity index (χ1) is 11.3. The quantitative estimate of drug-likeness (QED) is 0.772. The van der Waals surface area contributed by atoms with Gasteiger partial charge in [-0.05, 0) is 41.7 Å². The molecule has 2 aromatic carbocycles. The second-order valence-corrected chi connectivity index (χ2v) is 6.08. The van der Waals surface area contributed by atoms with Gasteiger partial charge in [0.25, 0.3) is 0 Å². The molecule has 24 heavy (non-hydrogen) atoms. The van der Waals surface area contributed by atoms with E-state index in [0.717, 1.165) is 17.2 Å². The van der Waals surface area contributed by atoms with E-state index in [2.05, 4.69) is 5.32 Å². The Bertz CT molecular complexity index is 655. The largest absolute Gasteiger partial charge is 0.416 e. The number of aliphatic hydroxyl groups excluding tert-OH is 1. The summed E-state index contributed by atoms with van der Waals surface area (Å²) in [6.07, 6.45) is -4.53. The molecule has 130 valence electrons. The third-order valence-corrected chi connectivity index (χ3v) is 4.06. The summed E-state index contributed by atoms with van der Waals surface area (Å²) in [5, 5.41) is 13.1. The number of aliphatic hydroxyl groups is 1. The molecule has 0 aliphatic rings. The second-order valence-electron chi connectivity index (χ2n) is 6.08. The smallest absolute Gasteiger partial charge is 0.378 e. The molecule has 2 atom stereocenters. The van der Waals surface area contributed by atoms with Crippen LogP contribution >= 0.6 is 0 Å². The fourth-order valence-corrected chi connectivity index (χ4v) is 2.74. The molecular weight excluding hydrogens is 315 g/mol. The molecule has 5 heteroatoms. The Morgan fingerprint density at radius 1 is 1.08 bits per heavy atom. The maximum absolute atomic E-state index is 12.7. The van der Waals surface area contributed by atoms with E-state index < -0.39 is 18.0 Å². The van der Waals surface area contributed by atoms with Gasteiger partial charge in [0.1, 0.15) is 6.23 Å². The molecule has 0 radical (unpaired) electrons. The Labute approximate surface area is 140 Å². The minimum atomic E-state index is -4.32. The lowest BCUT2D eigenvalue weighted by Crippen LogP contribution is -2.33. The fraction of sp³-hybridized carbons (Fsp3) is 0.368. The van der Waals surface area contributed by atoms with Crippen molar-refractivity contribution in [3.8, 4) is 0 Å². The number of benzene rings is 2. The van der Waals surface area contributed by atoms with Crippen molar-refractivity contribution >= 4 is 0 Å². The highest BCUT2D eigenvalue weighted by atomic mass is 19.4. The summed E-state index contributed by atoms with van der Waals surface area (Å²) in [7, 11) is 0. The van der Waals surface area contributed by atoms with Crippen molar-refractivity contribution in [2.75, 3.05) is 6.54 Å². The average molecular weight is 337 g/mol. The van der Waals surface area contributed by atoms with Crippen molar-refractivity contribution in [3.63, 3.8) is 0 Å². The van der Waals surface area contributed by atoms with E-state index in [9.17, 15) is 18.3 Å². The van der Waals surface area contributed by atoms with Crippen LogP contribution in [0.15, 0.2) is 48.5 Å². The monoisotopic (exact) mass is 337 g/mol. The molecule has 0 saturated heterocycles. The van der Waals surface area contributed by atoms with Crippen LogP contribution in [-0.2, 0) is 12.6 Å². The van der Waals surface area contributed by atoms with Gasteiger partial charge < -0.3 is 5.11 Å². The average Bonchev–Trinajstić information content (AvgIpc) is 2.52. The Balaban J connectivity index is 1.93. The highest BCUT2D eigenvalue weighted by molar-refractivity contribution is 5.34. The number of nitrogens with one attached hydrogen (secondary N) is 1. The zero-order chi connectivity index (χ0) is 17.7. The Kier molecular flexibility index (Phi) is 6.02. The molecule has 0 spiro atoms. The molecule has 0 unspecified atom stereocenters. The van der Waals surface area contributed by atoms with E-state index in [1.165, 1.54) is 12.1 Å². The van der Waals surface area contributed by atoms with Gasteiger partial charge in [0.05, 0.1) is 5.56 Å². The first-order valence-corrected chi connectivity index (χ1v) is 7.90. The number of hydrogen-bond donors (Lipinski definition) is 2. The molecule has 0 amide bonds. The molecule has 0 aromatic heterocycles. The highest BCUT2D eigenvalue weighted by Crippen LogP contribution is 2.31. The van der Waals surface area contributed by atoms with Crippen molar-refractivity contribution in [1.29, 1.82) is 0 Å². The number of hydrogen-bond acceptors (Lipinski definition) is 2. The van der Waals surface area contributed by atoms with Crippen molar-refractivity contribution in [2.24, 2.45) is 0 Å². The van der Waals surface area contributed by atoms with Gasteiger partial charge in [-0.15, -0.1) is 0 Å². The first-order valence-electron chi connectivity index (χ1n) is 7.90. The third-order valence-electron chi connectivity index (χ3n) is 4.06. The molecular formula is C19H22F3NO. The van der Waals surface area contributed by atoms with Gasteiger partial charge in [0.2, 0.25) is 0 Å². The predicted octanol–water partition coefficient (Wildman–Crippen LogP) is 4.27. The van der Waals surface area contributed by atoms with Crippen molar-refractivity contribution in [2.45, 2.75) is 38.6 Å². The van der Waals surface area contributed by atoms with Crippen LogP contribution in [0.25, 0.3) is 0 Å². The van der Waals surface area contributed by atoms with E-state index in [-0.39, 0.29) is 5.92 Å². The van der Waals surface area contributed by atoms with E-state index in [1.54, 1.807) is 6.92 Å². The van der Waals surface area contributed by atoms with Crippen LogP contribution < -0.4 is 5.32 Å². The minimum absolute atomic E-state index is 0.00212. The molecule has 0 heterocycles. The van der Waals surface area contributed by atoms with E-state index in [4.69, 9.17) is 0 Å². The normalized spacial score (nSPS) is 14.4. The molecule has 0 aliphatic heterocycles. The van der Waals surface area contributed by atoms with Crippen LogP contribution in [0.3, 0.4) is 0 Å². The molecule has 2 nitrogen and oxygen atoms in total. The lowest BCUT2D eigenvalue weighted by atomic mass is 9.94. The third kappa shape index (κ3) is 5.08. The molecule has 0 aliphatic carbocycles. The van der Waals surface area contributed by atoms with Crippen molar-refractivity contribution in [1.82, 2.24) is 5.32 Å². The summed E-state index contributed by atoms with van der Waals surface area (Å²) in [5.74, 6) is -0.00212. The summed E-state index contributed by atoms with van der Waals surface area (Å²) >= 11 is 0. The predicted molar refractivity (Wildman–Crippen MR) is 88.8 cm³/mol. The molecule has 0 saturated carbocycles. The van der Waals surface area contributed by atoms with Crippen LogP contribution in [0.4, 0.5) is 13.2 Å². The van der Waals surface area contributed by atoms with Crippen LogP contribution in [-0.4, -0.2) is 17.9 Å². The van der Waals surface area contributed by atoms with E-state index >= 15 is 0 Å². The Hall–Kier alpha value is -1.85. The minimum Gasteiger partial charge on any atom is -0.378 e. The Morgan fingerprint density at radius 2 is 1.75 bits per heavy atom. The number of rotatable bonds is 6. The molecule has 0 bridgehead atoms. The van der Waals surface area contributed by atoms with Gasteiger partial charge in [-0.1, -0.05) is 43.3 Å². The van der Waals surface area contributed by atoms with E-state index in [0.29, 0.717) is 18.5 Å².